The van der Waals surface area contributed by atoms with E-state index >= 15 is 0 Å². The number of ether oxygens (including phenoxy) is 3. The van der Waals surface area contributed by atoms with Gasteiger partial charge >= 0.3 is 18.1 Å². The van der Waals surface area contributed by atoms with Gasteiger partial charge in [-0.25, -0.2) is 14.6 Å². The second-order valence-electron chi connectivity index (χ2n) is 8.75. The zero-order valence-corrected chi connectivity index (χ0v) is 16.1. The number of hydrogen-bond acceptors (Lipinski definition) is 6. The fourth-order valence-corrected chi connectivity index (χ4v) is 5.30. The van der Waals surface area contributed by atoms with Gasteiger partial charge in [0.25, 0.3) is 0 Å². The molecule has 4 saturated heterocycles. The van der Waals surface area contributed by atoms with Crippen molar-refractivity contribution in [1.29, 1.82) is 0 Å². The fraction of sp³-hybridized carbons (Fsp3) is 0.944. The van der Waals surface area contributed by atoms with E-state index in [2.05, 4.69) is 11.7 Å². The molecule has 6 nitrogen and oxygen atoms in total. The number of rotatable bonds is 2. The van der Waals surface area contributed by atoms with E-state index in [1.165, 1.54) is 0 Å². The van der Waals surface area contributed by atoms with Gasteiger partial charge in [-0.3, -0.25) is 0 Å². The van der Waals surface area contributed by atoms with Gasteiger partial charge < -0.3 is 14.2 Å². The topological polar surface area (TPSA) is 63.2 Å². The predicted molar refractivity (Wildman–Crippen MR) is 83.9 cm³/mol. The number of carbonyl (C=O) groups is 1. The summed E-state index contributed by atoms with van der Waals surface area (Å²) in [6.45, 7) is 5.28. The minimum Gasteiger partial charge on any atom is -0.431 e. The Morgan fingerprint density at radius 1 is 1.03 bits per heavy atom. The summed E-state index contributed by atoms with van der Waals surface area (Å²) in [7, 11) is 0. The number of carbonyl (C=O) groups excluding carboxylic acids is 1. The zero-order valence-electron chi connectivity index (χ0n) is 16.1. The van der Waals surface area contributed by atoms with E-state index in [0.717, 1.165) is 12.8 Å². The summed E-state index contributed by atoms with van der Waals surface area (Å²) in [4.78, 5) is 23.0. The molecule has 0 unspecified atom stereocenters. The molecule has 11 heteroatoms. The lowest BCUT2D eigenvalue weighted by atomic mass is 9.58. The summed E-state index contributed by atoms with van der Waals surface area (Å²) in [5.74, 6) is -10.3. The Bertz CT molecular complexity index is 686. The molecule has 0 aromatic rings. The molecule has 166 valence electrons. The molecular formula is C18H23F5O6. The highest BCUT2D eigenvalue weighted by molar-refractivity contribution is 5.78. The molecule has 0 aromatic carbocycles. The summed E-state index contributed by atoms with van der Waals surface area (Å²) in [5.41, 5.74) is -1.04. The molecule has 0 N–H and O–H groups in total. The van der Waals surface area contributed by atoms with Crippen molar-refractivity contribution in [3.63, 3.8) is 0 Å². The molecule has 8 atom stereocenters. The first kappa shape index (κ1) is 21.2. The number of halogens is 5. The third-order valence-corrected chi connectivity index (χ3v) is 6.93. The lowest BCUT2D eigenvalue weighted by Crippen LogP contribution is -2.70. The number of hydrogen-bond donors (Lipinski definition) is 0. The van der Waals surface area contributed by atoms with Gasteiger partial charge in [0.2, 0.25) is 12.1 Å². The van der Waals surface area contributed by atoms with Crippen molar-refractivity contribution < 1.29 is 50.7 Å². The third kappa shape index (κ3) is 2.99. The Labute approximate surface area is 163 Å². The minimum absolute atomic E-state index is 0.0220. The van der Waals surface area contributed by atoms with Gasteiger partial charge in [0.15, 0.2) is 11.9 Å². The maximum absolute atomic E-state index is 13.4. The second-order valence-corrected chi connectivity index (χ2v) is 8.75. The van der Waals surface area contributed by atoms with Gasteiger partial charge in [-0.05, 0) is 38.0 Å². The van der Waals surface area contributed by atoms with Crippen molar-refractivity contribution in [2.75, 3.05) is 0 Å². The van der Waals surface area contributed by atoms with Crippen molar-refractivity contribution >= 4 is 5.97 Å². The van der Waals surface area contributed by atoms with Crippen molar-refractivity contribution in [3.8, 4) is 0 Å². The average molecular weight is 430 g/mol. The largest absolute Gasteiger partial charge is 0.465 e. The Hall–Kier alpha value is -1.04. The second kappa shape index (κ2) is 6.48. The van der Waals surface area contributed by atoms with Gasteiger partial charge in [-0.2, -0.15) is 22.0 Å². The number of fused-ring (bicyclic) bond motifs is 2. The average Bonchev–Trinajstić information content (AvgIpc) is 2.84. The molecule has 4 heterocycles. The summed E-state index contributed by atoms with van der Waals surface area (Å²) in [6, 6.07) is 0. The molecule has 5 aliphatic rings. The smallest absolute Gasteiger partial charge is 0.431 e. The molecule has 1 saturated carbocycles. The van der Waals surface area contributed by atoms with Crippen LogP contribution in [-0.4, -0.2) is 42.0 Å². The van der Waals surface area contributed by atoms with Crippen LogP contribution in [0.3, 0.4) is 0 Å². The van der Waals surface area contributed by atoms with E-state index in [9.17, 15) is 26.7 Å². The maximum Gasteiger partial charge on any atom is 0.465 e. The van der Waals surface area contributed by atoms with Crippen molar-refractivity contribution in [1.82, 2.24) is 0 Å². The highest BCUT2D eigenvalue weighted by Crippen LogP contribution is 2.60. The van der Waals surface area contributed by atoms with Crippen LogP contribution in [0.25, 0.3) is 0 Å². The number of esters is 1. The van der Waals surface area contributed by atoms with Gasteiger partial charge in [0, 0.05) is 18.3 Å². The Morgan fingerprint density at radius 3 is 2.38 bits per heavy atom. The summed E-state index contributed by atoms with van der Waals surface area (Å²) in [6.07, 6.45) is -6.21. The molecule has 1 spiro atoms. The maximum atomic E-state index is 13.4. The summed E-state index contributed by atoms with van der Waals surface area (Å²) in [5, 5.41) is 0. The van der Waals surface area contributed by atoms with E-state index in [1.807, 2.05) is 0 Å². The van der Waals surface area contributed by atoms with E-state index in [1.54, 1.807) is 13.8 Å². The molecule has 0 aromatic heterocycles. The van der Waals surface area contributed by atoms with Gasteiger partial charge in [-0.1, -0.05) is 13.8 Å². The van der Waals surface area contributed by atoms with Crippen LogP contribution in [0.4, 0.5) is 22.0 Å². The predicted octanol–water partition coefficient (Wildman–Crippen LogP) is 3.94. The Morgan fingerprint density at radius 2 is 1.72 bits per heavy atom. The van der Waals surface area contributed by atoms with Crippen LogP contribution in [-0.2, 0) is 28.8 Å². The van der Waals surface area contributed by atoms with Crippen LogP contribution >= 0.6 is 0 Å². The van der Waals surface area contributed by atoms with Crippen LogP contribution < -0.4 is 0 Å². The first-order valence-corrected chi connectivity index (χ1v) is 9.67. The Balaban J connectivity index is 1.64. The van der Waals surface area contributed by atoms with Crippen LogP contribution in [0.2, 0.25) is 0 Å². The molecule has 5 rings (SSSR count). The van der Waals surface area contributed by atoms with Gasteiger partial charge in [0.05, 0.1) is 0 Å². The van der Waals surface area contributed by atoms with E-state index in [4.69, 9.17) is 19.2 Å². The minimum atomic E-state index is -6.06. The lowest BCUT2D eigenvalue weighted by Gasteiger charge is -2.59. The molecule has 4 aliphatic heterocycles. The highest BCUT2D eigenvalue weighted by atomic mass is 19.4. The molecule has 5 fully saturated rings. The Kier molecular flexibility index (Phi) is 4.74. The molecule has 1 aliphatic carbocycles. The van der Waals surface area contributed by atoms with Crippen LogP contribution in [0, 0.1) is 23.7 Å². The fourth-order valence-electron chi connectivity index (χ4n) is 5.30. The van der Waals surface area contributed by atoms with E-state index in [0.29, 0.717) is 12.8 Å². The summed E-state index contributed by atoms with van der Waals surface area (Å²) < 4.78 is 80.5. The van der Waals surface area contributed by atoms with E-state index < -0.39 is 48.0 Å². The highest BCUT2D eigenvalue weighted by Gasteiger charge is 2.71. The summed E-state index contributed by atoms with van der Waals surface area (Å²) >= 11 is 0. The van der Waals surface area contributed by atoms with Crippen LogP contribution in [0.5, 0.6) is 0 Å². The van der Waals surface area contributed by atoms with Crippen molar-refractivity contribution in [3.05, 3.63) is 0 Å². The quantitative estimate of drug-likeness (QED) is 0.376. The monoisotopic (exact) mass is 430 g/mol. The first-order chi connectivity index (χ1) is 13.3. The normalized spacial score (nSPS) is 47.3. The lowest BCUT2D eigenvalue weighted by molar-refractivity contribution is -0.576. The molecule has 2 bridgehead atoms. The molecule has 0 radical (unpaired) electrons. The third-order valence-electron chi connectivity index (χ3n) is 6.93. The molecule has 29 heavy (non-hydrogen) atoms. The van der Waals surface area contributed by atoms with Crippen molar-refractivity contribution in [2.24, 2.45) is 23.7 Å². The first-order valence-electron chi connectivity index (χ1n) is 9.67. The zero-order chi connectivity index (χ0) is 21.4. The molecule has 0 amide bonds. The van der Waals surface area contributed by atoms with Crippen LogP contribution in [0.15, 0.2) is 0 Å². The SMILES string of the molecule is C[C@H]1[C@@H](OC(=O)C(F)(F)C(F)(F)F)O[C@@H]2O[C@]3(C)CC[C@H]4[C@H](C)CC[C@@H]1[C@]24OO3. The standard InChI is InChI=1S/C18H23F5O6/c1-8-4-5-11-9(2)12(25-13(24)17(19,20)18(21,22)23)26-14-16(11)10(8)6-7-15(3,27-14)28-29-16/h8-12,14H,4-7H2,1-3H3/t8-,9-,10+,11+,12+,14-,15+,16+/m1/s1. The molecular weight excluding hydrogens is 407 g/mol. The van der Waals surface area contributed by atoms with E-state index in [-0.39, 0.29) is 17.8 Å². The van der Waals surface area contributed by atoms with Gasteiger partial charge in [-0.15, -0.1) is 0 Å². The van der Waals surface area contributed by atoms with Crippen LogP contribution in [0.1, 0.15) is 46.5 Å². The van der Waals surface area contributed by atoms with Crippen molar-refractivity contribution in [2.45, 2.75) is 82.5 Å². The van der Waals surface area contributed by atoms with Gasteiger partial charge in [0.1, 0.15) is 0 Å². The number of alkyl halides is 5.